The molecular formula is C16H19N5O5S2. The number of nitrogens with zero attached hydrogens (tertiary/aromatic N) is 4. The number of nitrogens with one attached hydrogen (secondary N) is 1. The summed E-state index contributed by atoms with van der Waals surface area (Å²) in [6.45, 7) is 2.44. The summed E-state index contributed by atoms with van der Waals surface area (Å²) in [6, 6.07) is 4.97. The second kappa shape index (κ2) is 7.81. The first-order valence-corrected chi connectivity index (χ1v) is 10.6. The average Bonchev–Trinajstić information content (AvgIpc) is 3.08. The lowest BCUT2D eigenvalue weighted by Crippen LogP contribution is -2.50. The molecule has 1 aromatic carbocycles. The molecule has 0 unspecified atom stereocenters. The number of sulfonamides is 1. The van der Waals surface area contributed by atoms with Crippen LogP contribution in [0.15, 0.2) is 29.2 Å². The van der Waals surface area contributed by atoms with E-state index in [2.05, 4.69) is 9.69 Å². The number of aromatic nitrogens is 1. The van der Waals surface area contributed by atoms with Gasteiger partial charge in [0.05, 0.1) is 21.1 Å². The van der Waals surface area contributed by atoms with Gasteiger partial charge in [-0.1, -0.05) is 6.07 Å². The highest BCUT2D eigenvalue weighted by molar-refractivity contribution is 7.89. The predicted octanol–water partition coefficient (Wildman–Crippen LogP) is 1.55. The molecule has 2 aromatic rings. The Morgan fingerprint density at radius 2 is 1.96 bits per heavy atom. The van der Waals surface area contributed by atoms with Crippen molar-refractivity contribution < 1.29 is 18.1 Å². The van der Waals surface area contributed by atoms with E-state index in [1.165, 1.54) is 34.0 Å². The van der Waals surface area contributed by atoms with E-state index in [0.717, 1.165) is 6.07 Å². The smallest absolute Gasteiger partial charge is 0.270 e. The van der Waals surface area contributed by atoms with Gasteiger partial charge in [0.25, 0.3) is 11.6 Å². The van der Waals surface area contributed by atoms with E-state index in [1.54, 1.807) is 18.9 Å². The molecule has 12 heteroatoms. The van der Waals surface area contributed by atoms with Crippen LogP contribution in [-0.2, 0) is 10.0 Å². The summed E-state index contributed by atoms with van der Waals surface area (Å²) in [6.07, 6.45) is 0. The van der Waals surface area contributed by atoms with Gasteiger partial charge in [0.1, 0.15) is 5.00 Å². The number of nitro groups is 1. The molecular weight excluding hydrogens is 406 g/mol. The van der Waals surface area contributed by atoms with Crippen molar-refractivity contribution in [3.05, 3.63) is 45.6 Å². The van der Waals surface area contributed by atoms with Gasteiger partial charge in [0.2, 0.25) is 10.0 Å². The van der Waals surface area contributed by atoms with Crippen molar-refractivity contribution in [2.24, 2.45) is 0 Å². The zero-order chi connectivity index (χ0) is 20.5. The van der Waals surface area contributed by atoms with Crippen LogP contribution in [0.25, 0.3) is 0 Å². The first-order chi connectivity index (χ1) is 13.3. The van der Waals surface area contributed by atoms with Crippen LogP contribution in [-0.4, -0.2) is 66.1 Å². The molecule has 1 saturated heterocycles. The van der Waals surface area contributed by atoms with E-state index in [-0.39, 0.29) is 42.7 Å². The largest absolute Gasteiger partial charge is 0.378 e. The van der Waals surface area contributed by atoms with Gasteiger partial charge in [0.15, 0.2) is 0 Å². The highest BCUT2D eigenvalue weighted by atomic mass is 32.2. The van der Waals surface area contributed by atoms with E-state index in [1.807, 2.05) is 0 Å². The fraction of sp³-hybridized carbons (Fsp3) is 0.375. The second-order valence-corrected chi connectivity index (χ2v) is 8.88. The number of aryl methyl sites for hydroxylation is 1. The lowest BCUT2D eigenvalue weighted by Gasteiger charge is -2.34. The zero-order valence-electron chi connectivity index (χ0n) is 15.3. The molecule has 10 nitrogen and oxygen atoms in total. The highest BCUT2D eigenvalue weighted by Gasteiger charge is 2.32. The number of nitro benzene ring substituents is 1. The first-order valence-electron chi connectivity index (χ1n) is 8.43. The Kier molecular flexibility index (Phi) is 5.63. The molecule has 1 aliphatic heterocycles. The molecule has 1 aliphatic rings. The summed E-state index contributed by atoms with van der Waals surface area (Å²) < 4.78 is 31.0. The minimum Gasteiger partial charge on any atom is -0.378 e. The number of anilines is 1. The summed E-state index contributed by atoms with van der Waals surface area (Å²) >= 11 is 1.20. The topological polar surface area (TPSA) is 126 Å². The van der Waals surface area contributed by atoms with Gasteiger partial charge in [-0.15, -0.1) is 0 Å². The van der Waals surface area contributed by atoms with Crippen molar-refractivity contribution in [1.82, 2.24) is 13.6 Å². The Bertz CT molecular complexity index is 1010. The van der Waals surface area contributed by atoms with Crippen LogP contribution in [0.2, 0.25) is 0 Å². The number of non-ortho nitro benzene ring substituents is 1. The van der Waals surface area contributed by atoms with E-state index >= 15 is 0 Å². The maximum absolute atomic E-state index is 12.8. The quantitative estimate of drug-likeness (QED) is 0.569. The molecule has 0 spiro atoms. The molecule has 1 amide bonds. The SMILES string of the molecule is CNc1snc(C)c1C(=O)N1CCN(S(=O)(=O)c2cccc([N+](=O)[O-])c2)CC1. The van der Waals surface area contributed by atoms with Crippen LogP contribution in [0.3, 0.4) is 0 Å². The lowest BCUT2D eigenvalue weighted by molar-refractivity contribution is -0.385. The highest BCUT2D eigenvalue weighted by Crippen LogP contribution is 2.27. The Morgan fingerprint density at radius 3 is 2.57 bits per heavy atom. The number of hydrogen-bond donors (Lipinski definition) is 1. The monoisotopic (exact) mass is 425 g/mol. The molecule has 0 radical (unpaired) electrons. The number of hydrogen-bond acceptors (Lipinski definition) is 8. The minimum atomic E-state index is -3.87. The molecule has 1 N–H and O–H groups in total. The van der Waals surface area contributed by atoms with Gasteiger partial charge < -0.3 is 10.2 Å². The van der Waals surface area contributed by atoms with Crippen molar-refractivity contribution in [3.63, 3.8) is 0 Å². The van der Waals surface area contributed by atoms with Crippen molar-refractivity contribution in [1.29, 1.82) is 0 Å². The van der Waals surface area contributed by atoms with E-state index in [9.17, 15) is 23.3 Å². The van der Waals surface area contributed by atoms with Crippen LogP contribution in [0.1, 0.15) is 16.1 Å². The number of benzene rings is 1. The van der Waals surface area contributed by atoms with Crippen LogP contribution in [0.4, 0.5) is 10.7 Å². The van der Waals surface area contributed by atoms with Crippen molar-refractivity contribution in [2.75, 3.05) is 38.5 Å². The third-order valence-electron chi connectivity index (χ3n) is 4.50. The molecule has 1 fully saturated rings. The van der Waals surface area contributed by atoms with Gasteiger partial charge in [-0.2, -0.15) is 8.68 Å². The van der Waals surface area contributed by atoms with E-state index < -0.39 is 14.9 Å². The van der Waals surface area contributed by atoms with Crippen molar-refractivity contribution in [2.45, 2.75) is 11.8 Å². The summed E-state index contributed by atoms with van der Waals surface area (Å²) in [5.41, 5.74) is 0.850. The number of carbonyl (C=O) groups is 1. The third-order valence-corrected chi connectivity index (χ3v) is 7.35. The Hall–Kier alpha value is -2.57. The van der Waals surface area contributed by atoms with Crippen LogP contribution in [0.5, 0.6) is 0 Å². The maximum atomic E-state index is 12.8. The maximum Gasteiger partial charge on any atom is 0.270 e. The number of carbonyl (C=O) groups excluding carboxylic acids is 1. The Balaban J connectivity index is 1.74. The zero-order valence-corrected chi connectivity index (χ0v) is 16.9. The van der Waals surface area contributed by atoms with Crippen LogP contribution < -0.4 is 5.32 Å². The van der Waals surface area contributed by atoms with Gasteiger partial charge in [-0.3, -0.25) is 14.9 Å². The molecule has 3 rings (SSSR count). The number of rotatable bonds is 5. The molecule has 0 atom stereocenters. The lowest BCUT2D eigenvalue weighted by atomic mass is 10.2. The van der Waals surface area contributed by atoms with Gasteiger partial charge in [-0.05, 0) is 24.5 Å². The van der Waals surface area contributed by atoms with Crippen LogP contribution >= 0.6 is 11.5 Å². The van der Waals surface area contributed by atoms with Gasteiger partial charge >= 0.3 is 0 Å². The summed E-state index contributed by atoms with van der Waals surface area (Å²) in [7, 11) is -2.16. The molecule has 0 bridgehead atoms. The molecule has 0 aliphatic carbocycles. The minimum absolute atomic E-state index is 0.113. The third kappa shape index (κ3) is 3.70. The predicted molar refractivity (Wildman–Crippen MR) is 104 cm³/mol. The molecule has 28 heavy (non-hydrogen) atoms. The molecule has 2 heterocycles. The normalized spacial score (nSPS) is 15.4. The number of piperazine rings is 1. The number of amides is 1. The summed E-state index contributed by atoms with van der Waals surface area (Å²) in [4.78, 5) is 24.6. The Labute approximate surface area is 166 Å². The van der Waals surface area contributed by atoms with Crippen molar-refractivity contribution >= 4 is 38.2 Å². The first kappa shape index (κ1) is 20.2. The van der Waals surface area contributed by atoms with E-state index in [0.29, 0.717) is 16.3 Å². The molecule has 1 aromatic heterocycles. The second-order valence-electron chi connectivity index (χ2n) is 6.17. The molecule has 0 saturated carbocycles. The summed E-state index contributed by atoms with van der Waals surface area (Å²) in [5.74, 6) is -0.192. The summed E-state index contributed by atoms with van der Waals surface area (Å²) in [5, 5.41) is 14.5. The fourth-order valence-corrected chi connectivity index (χ4v) is 5.19. The van der Waals surface area contributed by atoms with Gasteiger partial charge in [0, 0.05) is 45.4 Å². The average molecular weight is 425 g/mol. The molecule has 150 valence electrons. The van der Waals surface area contributed by atoms with Gasteiger partial charge in [-0.25, -0.2) is 8.42 Å². The Morgan fingerprint density at radius 1 is 1.29 bits per heavy atom. The van der Waals surface area contributed by atoms with Crippen LogP contribution in [0, 0.1) is 17.0 Å². The fourth-order valence-electron chi connectivity index (χ4n) is 2.99. The van der Waals surface area contributed by atoms with E-state index in [4.69, 9.17) is 0 Å². The van der Waals surface area contributed by atoms with Crippen molar-refractivity contribution in [3.8, 4) is 0 Å². The standard InChI is InChI=1S/C16H19N5O5S2/c1-11-14(15(17-2)27-18-11)16(22)19-6-8-20(9-7-19)28(25,26)13-5-3-4-12(10-13)21(23)24/h3-5,10,17H,6-9H2,1-2H3.